The molecule has 11 heteroatoms. The molecule has 4 rings (SSSR count). The van der Waals surface area contributed by atoms with Crippen molar-refractivity contribution in [1.29, 1.82) is 5.26 Å². The van der Waals surface area contributed by atoms with E-state index in [1.54, 1.807) is 11.3 Å². The maximum atomic E-state index is 12.4. The van der Waals surface area contributed by atoms with Crippen LogP contribution in [0.3, 0.4) is 0 Å². The third kappa shape index (κ3) is 4.72. The Morgan fingerprint density at radius 1 is 1.43 bits per heavy atom. The lowest BCUT2D eigenvalue weighted by molar-refractivity contribution is -0.113. The highest BCUT2D eigenvalue weighted by Crippen LogP contribution is 2.37. The van der Waals surface area contributed by atoms with Gasteiger partial charge in [-0.15, -0.1) is 27.8 Å². The van der Waals surface area contributed by atoms with Crippen molar-refractivity contribution in [2.24, 2.45) is 5.10 Å². The van der Waals surface area contributed by atoms with Gasteiger partial charge in [0.15, 0.2) is 0 Å². The number of hydrogen-bond donors (Lipinski definition) is 3. The molecule has 1 amide bonds. The van der Waals surface area contributed by atoms with Crippen LogP contribution in [0.15, 0.2) is 27.8 Å². The molecule has 0 unspecified atom stereocenters. The number of fused-ring (bicyclic) bond motifs is 1. The van der Waals surface area contributed by atoms with Crippen molar-refractivity contribution >= 4 is 57.0 Å². The van der Waals surface area contributed by atoms with E-state index in [0.29, 0.717) is 21.7 Å². The molecule has 1 aliphatic carbocycles. The predicted octanol–water partition coefficient (Wildman–Crippen LogP) is 4.25. The van der Waals surface area contributed by atoms with Gasteiger partial charge >= 0.3 is 0 Å². The maximum Gasteiger partial charge on any atom is 0.240 e. The van der Waals surface area contributed by atoms with E-state index in [0.717, 1.165) is 41.8 Å². The third-order valence-electron chi connectivity index (χ3n) is 4.54. The van der Waals surface area contributed by atoms with Crippen molar-refractivity contribution in [3.8, 4) is 6.07 Å². The first-order valence-corrected chi connectivity index (χ1v) is 12.1. The summed E-state index contributed by atoms with van der Waals surface area (Å²) < 4.78 is 0. The Bertz CT molecular complexity index is 1110. The number of nitrogens with zero attached hydrogens (tertiary/aromatic N) is 4. The number of aromatic amines is 1. The summed E-state index contributed by atoms with van der Waals surface area (Å²) in [6, 6.07) is 6.22. The second-order valence-electron chi connectivity index (χ2n) is 6.62. The van der Waals surface area contributed by atoms with E-state index >= 15 is 0 Å². The lowest BCUT2D eigenvalue weighted by atomic mass is 9.96. The summed E-state index contributed by atoms with van der Waals surface area (Å²) in [5.41, 5.74) is 5.42. The van der Waals surface area contributed by atoms with Crippen LogP contribution in [0.2, 0.25) is 0 Å². The van der Waals surface area contributed by atoms with Crippen LogP contribution < -0.4 is 10.7 Å². The van der Waals surface area contributed by atoms with E-state index in [4.69, 9.17) is 0 Å². The fraction of sp³-hybridized carbons (Fsp3) is 0.316. The second kappa shape index (κ2) is 9.42. The minimum atomic E-state index is -0.180. The number of thioether (sulfide) groups is 1. The fourth-order valence-corrected chi connectivity index (χ4v) is 5.63. The number of hydrogen-bond acceptors (Lipinski definition) is 9. The molecule has 1 aliphatic rings. The van der Waals surface area contributed by atoms with Gasteiger partial charge in [-0.2, -0.15) is 15.3 Å². The summed E-state index contributed by atoms with van der Waals surface area (Å²) in [4.78, 5) is 19.0. The van der Waals surface area contributed by atoms with E-state index in [2.05, 4.69) is 37.1 Å². The number of carbonyl (C=O) groups excluding carboxylic acids is 1. The van der Waals surface area contributed by atoms with E-state index < -0.39 is 0 Å². The molecule has 0 aliphatic heterocycles. The van der Waals surface area contributed by atoms with Crippen molar-refractivity contribution < 1.29 is 4.79 Å². The van der Waals surface area contributed by atoms with Gasteiger partial charge in [-0.3, -0.25) is 4.79 Å². The Balaban J connectivity index is 1.31. The molecule has 3 aromatic rings. The summed E-state index contributed by atoms with van der Waals surface area (Å²) >= 11 is 4.35. The minimum Gasteiger partial charge on any atom is -0.316 e. The van der Waals surface area contributed by atoms with E-state index in [9.17, 15) is 10.1 Å². The zero-order valence-electron chi connectivity index (χ0n) is 16.2. The van der Waals surface area contributed by atoms with Crippen LogP contribution in [-0.2, 0) is 17.6 Å². The van der Waals surface area contributed by atoms with Gasteiger partial charge in [-0.25, -0.2) is 10.5 Å². The normalized spacial score (nSPS) is 13.5. The second-order valence-corrected chi connectivity index (χ2v) is 9.61. The highest BCUT2D eigenvalue weighted by atomic mass is 32.2. The molecule has 0 atom stereocenters. The van der Waals surface area contributed by atoms with Gasteiger partial charge in [-0.1, -0.05) is 17.8 Å². The number of carbonyl (C=O) groups is 1. The van der Waals surface area contributed by atoms with Gasteiger partial charge in [0.25, 0.3) is 0 Å². The number of aromatic nitrogens is 3. The van der Waals surface area contributed by atoms with Crippen molar-refractivity contribution in [3.05, 3.63) is 38.4 Å². The summed E-state index contributed by atoms with van der Waals surface area (Å²) in [6.45, 7) is 1.91. The average Bonchev–Trinajstić information content (AvgIpc) is 3.50. The standard InChI is InChI=1S/C19H19N7OS3/c1-11(14-7-4-8-28-14)23-24-18-22-19(26-25-18)29-10-16(27)21-17-13(9-20)12-5-2-3-6-15(12)30-17/h4,7-8H,2-3,5-6,10H2,1H3,(H,21,27)(H2,22,24,25,26)/b23-11+. The van der Waals surface area contributed by atoms with Gasteiger partial charge in [0, 0.05) is 9.75 Å². The molecular formula is C19H19N7OS3. The smallest absolute Gasteiger partial charge is 0.240 e. The van der Waals surface area contributed by atoms with E-state index in [1.165, 1.54) is 28.0 Å². The summed E-state index contributed by atoms with van der Waals surface area (Å²) in [7, 11) is 0. The van der Waals surface area contributed by atoms with Crippen LogP contribution in [0, 0.1) is 11.3 Å². The molecule has 154 valence electrons. The third-order valence-corrected chi connectivity index (χ3v) is 7.57. The molecule has 3 heterocycles. The molecule has 30 heavy (non-hydrogen) atoms. The predicted molar refractivity (Wildman–Crippen MR) is 122 cm³/mol. The summed E-state index contributed by atoms with van der Waals surface area (Å²) in [6.07, 6.45) is 4.14. The topological polar surface area (TPSA) is 119 Å². The van der Waals surface area contributed by atoms with Crippen LogP contribution in [0.5, 0.6) is 0 Å². The Morgan fingerprint density at radius 3 is 3.10 bits per heavy atom. The first-order chi connectivity index (χ1) is 14.6. The molecule has 0 bridgehead atoms. The molecule has 3 N–H and O–H groups in total. The molecule has 0 radical (unpaired) electrons. The van der Waals surface area contributed by atoms with Gasteiger partial charge in [-0.05, 0) is 49.6 Å². The SMILES string of the molecule is C/C(=N\Nc1nc(SCC(=O)Nc2sc3c(c2C#N)CCCC3)n[nH]1)c1cccs1. The van der Waals surface area contributed by atoms with Crippen LogP contribution in [0.4, 0.5) is 10.9 Å². The van der Waals surface area contributed by atoms with Crippen LogP contribution >= 0.6 is 34.4 Å². The number of nitriles is 1. The minimum absolute atomic E-state index is 0.155. The van der Waals surface area contributed by atoms with Crippen molar-refractivity contribution in [3.63, 3.8) is 0 Å². The molecular weight excluding hydrogens is 438 g/mol. The molecule has 0 aromatic carbocycles. The van der Waals surface area contributed by atoms with Gasteiger partial charge < -0.3 is 5.32 Å². The first-order valence-electron chi connectivity index (χ1n) is 9.38. The monoisotopic (exact) mass is 457 g/mol. The van der Waals surface area contributed by atoms with Crippen LogP contribution in [-0.4, -0.2) is 32.6 Å². The highest BCUT2D eigenvalue weighted by Gasteiger charge is 2.22. The number of anilines is 2. The Labute approximate surface area is 185 Å². The number of amides is 1. The maximum absolute atomic E-state index is 12.4. The number of thiophene rings is 2. The highest BCUT2D eigenvalue weighted by molar-refractivity contribution is 7.99. The van der Waals surface area contributed by atoms with Crippen LogP contribution in [0.25, 0.3) is 0 Å². The number of H-pyrrole nitrogens is 1. The van der Waals surface area contributed by atoms with Crippen molar-refractivity contribution in [2.75, 3.05) is 16.5 Å². The Kier molecular flexibility index (Phi) is 6.47. The molecule has 3 aromatic heterocycles. The number of rotatable bonds is 7. The molecule has 8 nitrogen and oxygen atoms in total. The first kappa shape index (κ1) is 20.6. The molecule has 0 fully saturated rings. The lowest BCUT2D eigenvalue weighted by Crippen LogP contribution is -2.14. The fourth-order valence-electron chi connectivity index (χ4n) is 3.10. The average molecular weight is 458 g/mol. The van der Waals surface area contributed by atoms with E-state index in [-0.39, 0.29) is 11.7 Å². The Hall–Kier alpha value is -2.68. The zero-order chi connectivity index (χ0) is 20.9. The number of aryl methyl sites for hydroxylation is 1. The zero-order valence-corrected chi connectivity index (χ0v) is 18.6. The lowest BCUT2D eigenvalue weighted by Gasteiger charge is -2.09. The van der Waals surface area contributed by atoms with Crippen LogP contribution in [0.1, 0.15) is 40.6 Å². The Morgan fingerprint density at radius 2 is 2.30 bits per heavy atom. The van der Waals surface area contributed by atoms with E-state index in [1.807, 2.05) is 24.4 Å². The summed E-state index contributed by atoms with van der Waals surface area (Å²) in [5.74, 6) is 0.384. The molecule has 0 saturated heterocycles. The van der Waals surface area contributed by atoms with Gasteiger partial charge in [0.05, 0.1) is 17.0 Å². The quantitative estimate of drug-likeness (QED) is 0.277. The number of hydrazone groups is 1. The van der Waals surface area contributed by atoms with Crippen molar-refractivity contribution in [2.45, 2.75) is 37.8 Å². The molecule has 0 saturated carbocycles. The van der Waals surface area contributed by atoms with Crippen molar-refractivity contribution in [1.82, 2.24) is 15.2 Å². The molecule has 0 spiro atoms. The largest absolute Gasteiger partial charge is 0.316 e. The number of nitrogens with one attached hydrogen (secondary N) is 3. The van der Waals surface area contributed by atoms with Gasteiger partial charge in [0.1, 0.15) is 11.1 Å². The summed E-state index contributed by atoms with van der Waals surface area (Å²) in [5, 5.41) is 26.6. The van der Waals surface area contributed by atoms with Gasteiger partial charge in [0.2, 0.25) is 17.0 Å².